The Morgan fingerprint density at radius 3 is 2.62 bits per heavy atom. The molecule has 0 aliphatic heterocycles. The predicted octanol–water partition coefficient (Wildman–Crippen LogP) is 2.89. The average Bonchev–Trinajstić information content (AvgIpc) is 2.11. The fourth-order valence-electron chi connectivity index (χ4n) is 0.884. The number of nitrogens with zero attached hydrogens (tertiary/aromatic N) is 1. The van der Waals surface area contributed by atoms with Crippen molar-refractivity contribution in [2.45, 2.75) is 6.92 Å². The molecule has 0 radical (unpaired) electrons. The Hall–Kier alpha value is -1.69. The summed E-state index contributed by atoms with van der Waals surface area (Å²) in [7, 11) is 0. The highest BCUT2D eigenvalue weighted by Crippen LogP contribution is 2.11. The Morgan fingerprint density at radius 2 is 2.08 bits per heavy atom. The lowest BCUT2D eigenvalue weighted by Gasteiger charge is -1.95. The van der Waals surface area contributed by atoms with Gasteiger partial charge in [0.05, 0.1) is 6.07 Å². The largest absolute Gasteiger partial charge is 0.204 e. The lowest BCUT2D eigenvalue weighted by Crippen LogP contribution is -1.84. The second-order valence-corrected chi connectivity index (χ2v) is 2.61. The van der Waals surface area contributed by atoms with E-state index in [0.29, 0.717) is 11.1 Å². The minimum absolute atomic E-state index is 0.450. The molecule has 1 nitrogen and oxygen atoms in total. The molecular weight excluding hydrogens is 172 g/mol. The minimum atomic E-state index is -0.903. The van der Waals surface area contributed by atoms with Crippen LogP contribution in [0.5, 0.6) is 0 Å². The maximum absolute atomic E-state index is 12.6. The highest BCUT2D eigenvalue weighted by atomic mass is 19.2. The van der Waals surface area contributed by atoms with Crippen LogP contribution < -0.4 is 0 Å². The zero-order valence-electron chi connectivity index (χ0n) is 7.01. The van der Waals surface area contributed by atoms with Gasteiger partial charge in [-0.2, -0.15) is 5.26 Å². The standard InChI is InChI=1S/C10H7F2N/c1-7(6-13)4-8-2-3-9(11)10(12)5-8/h2-5H,1H3/b7-4-. The fourth-order valence-corrected chi connectivity index (χ4v) is 0.884. The van der Waals surface area contributed by atoms with Crippen molar-refractivity contribution in [3.05, 3.63) is 41.0 Å². The SMILES string of the molecule is C/C(C#N)=C/c1ccc(F)c(F)c1. The van der Waals surface area contributed by atoms with Gasteiger partial charge in [-0.15, -0.1) is 0 Å². The number of benzene rings is 1. The van der Waals surface area contributed by atoms with E-state index < -0.39 is 11.6 Å². The van der Waals surface area contributed by atoms with Crippen LogP contribution in [0.1, 0.15) is 12.5 Å². The molecule has 0 heterocycles. The molecular formula is C10H7F2N. The van der Waals surface area contributed by atoms with Crippen LogP contribution in [0.2, 0.25) is 0 Å². The van der Waals surface area contributed by atoms with Crippen molar-refractivity contribution in [1.29, 1.82) is 5.26 Å². The molecule has 0 aromatic heterocycles. The maximum Gasteiger partial charge on any atom is 0.159 e. The smallest absolute Gasteiger partial charge is 0.159 e. The van der Waals surface area contributed by atoms with E-state index in [0.717, 1.165) is 12.1 Å². The summed E-state index contributed by atoms with van der Waals surface area (Å²) in [6, 6.07) is 5.39. The van der Waals surface area contributed by atoms with Crippen molar-refractivity contribution in [1.82, 2.24) is 0 Å². The molecule has 0 aliphatic rings. The lowest BCUT2D eigenvalue weighted by molar-refractivity contribution is 0.508. The number of hydrogen-bond acceptors (Lipinski definition) is 1. The topological polar surface area (TPSA) is 23.8 Å². The summed E-state index contributed by atoms with van der Waals surface area (Å²) in [5, 5.41) is 8.43. The zero-order chi connectivity index (χ0) is 9.84. The normalized spacial score (nSPS) is 11.1. The predicted molar refractivity (Wildman–Crippen MR) is 45.6 cm³/mol. The van der Waals surface area contributed by atoms with Gasteiger partial charge in [0, 0.05) is 5.57 Å². The van der Waals surface area contributed by atoms with Crippen molar-refractivity contribution in [2.24, 2.45) is 0 Å². The zero-order valence-corrected chi connectivity index (χ0v) is 7.01. The van der Waals surface area contributed by atoms with E-state index in [9.17, 15) is 8.78 Å². The van der Waals surface area contributed by atoms with Gasteiger partial charge in [0.15, 0.2) is 11.6 Å². The molecule has 1 aromatic carbocycles. The molecule has 0 bridgehead atoms. The minimum Gasteiger partial charge on any atom is -0.204 e. The molecule has 0 saturated carbocycles. The summed E-state index contributed by atoms with van der Waals surface area (Å²) in [5.74, 6) is -1.79. The molecule has 0 saturated heterocycles. The molecule has 0 unspecified atom stereocenters. The van der Waals surface area contributed by atoms with E-state index in [1.807, 2.05) is 6.07 Å². The summed E-state index contributed by atoms with van der Waals surface area (Å²) < 4.78 is 25.1. The van der Waals surface area contributed by atoms with Gasteiger partial charge >= 0.3 is 0 Å². The first-order valence-electron chi connectivity index (χ1n) is 3.67. The van der Waals surface area contributed by atoms with Crippen LogP contribution in [-0.4, -0.2) is 0 Å². The molecule has 0 fully saturated rings. The van der Waals surface area contributed by atoms with Crippen molar-refractivity contribution < 1.29 is 8.78 Å². The van der Waals surface area contributed by atoms with Crippen LogP contribution in [0.25, 0.3) is 6.08 Å². The summed E-state index contributed by atoms with van der Waals surface area (Å²) in [5.41, 5.74) is 0.934. The number of nitriles is 1. The first-order valence-corrected chi connectivity index (χ1v) is 3.67. The van der Waals surface area contributed by atoms with Gasteiger partial charge in [0.25, 0.3) is 0 Å². The van der Waals surface area contributed by atoms with Gasteiger partial charge in [-0.3, -0.25) is 0 Å². The number of rotatable bonds is 1. The number of hydrogen-bond donors (Lipinski definition) is 0. The molecule has 3 heteroatoms. The second kappa shape index (κ2) is 3.81. The Balaban J connectivity index is 3.07. The monoisotopic (exact) mass is 179 g/mol. The van der Waals surface area contributed by atoms with E-state index in [-0.39, 0.29) is 0 Å². The first kappa shape index (κ1) is 9.40. The Morgan fingerprint density at radius 1 is 1.38 bits per heavy atom. The van der Waals surface area contributed by atoms with Crippen molar-refractivity contribution in [3.63, 3.8) is 0 Å². The Kier molecular flexibility index (Phi) is 2.76. The van der Waals surface area contributed by atoms with Gasteiger partial charge in [-0.1, -0.05) is 6.07 Å². The molecule has 0 N–H and O–H groups in total. The van der Waals surface area contributed by atoms with Crippen LogP contribution in [-0.2, 0) is 0 Å². The molecule has 66 valence electrons. The van der Waals surface area contributed by atoms with Gasteiger partial charge in [-0.25, -0.2) is 8.78 Å². The van der Waals surface area contributed by atoms with Crippen LogP contribution >= 0.6 is 0 Å². The third-order valence-electron chi connectivity index (χ3n) is 1.50. The maximum atomic E-state index is 12.6. The summed E-state index contributed by atoms with van der Waals surface area (Å²) >= 11 is 0. The summed E-state index contributed by atoms with van der Waals surface area (Å²) in [4.78, 5) is 0. The summed E-state index contributed by atoms with van der Waals surface area (Å²) in [6.45, 7) is 1.60. The molecule has 0 aliphatic carbocycles. The van der Waals surface area contributed by atoms with E-state index in [1.54, 1.807) is 6.92 Å². The highest BCUT2D eigenvalue weighted by Gasteiger charge is 2.00. The number of allylic oxidation sites excluding steroid dienone is 1. The molecule has 0 atom stereocenters. The Bertz CT molecular complexity index is 388. The molecule has 0 amide bonds. The van der Waals surface area contributed by atoms with E-state index in [1.165, 1.54) is 12.1 Å². The van der Waals surface area contributed by atoms with Crippen molar-refractivity contribution in [3.8, 4) is 6.07 Å². The lowest BCUT2D eigenvalue weighted by atomic mass is 10.1. The highest BCUT2D eigenvalue weighted by molar-refractivity contribution is 5.56. The van der Waals surface area contributed by atoms with Crippen LogP contribution in [0.15, 0.2) is 23.8 Å². The first-order chi connectivity index (χ1) is 6.13. The van der Waals surface area contributed by atoms with Gasteiger partial charge < -0.3 is 0 Å². The van der Waals surface area contributed by atoms with E-state index in [4.69, 9.17) is 5.26 Å². The van der Waals surface area contributed by atoms with Crippen LogP contribution in [0.3, 0.4) is 0 Å². The van der Waals surface area contributed by atoms with Gasteiger partial charge in [-0.05, 0) is 30.7 Å². The van der Waals surface area contributed by atoms with Gasteiger partial charge in [0.2, 0.25) is 0 Å². The summed E-state index contributed by atoms with van der Waals surface area (Å²) in [6.07, 6.45) is 1.49. The molecule has 0 spiro atoms. The van der Waals surface area contributed by atoms with E-state index in [2.05, 4.69) is 0 Å². The molecule has 1 rings (SSSR count). The van der Waals surface area contributed by atoms with Crippen LogP contribution in [0, 0.1) is 23.0 Å². The van der Waals surface area contributed by atoms with Crippen molar-refractivity contribution >= 4 is 6.08 Å². The molecule has 1 aromatic rings. The second-order valence-electron chi connectivity index (χ2n) is 2.61. The molecule has 13 heavy (non-hydrogen) atoms. The average molecular weight is 179 g/mol. The number of halogens is 2. The van der Waals surface area contributed by atoms with Gasteiger partial charge in [0.1, 0.15) is 0 Å². The third kappa shape index (κ3) is 2.38. The fraction of sp³-hybridized carbons (Fsp3) is 0.100. The quantitative estimate of drug-likeness (QED) is 0.608. The Labute approximate surface area is 74.9 Å². The van der Waals surface area contributed by atoms with Crippen LogP contribution in [0.4, 0.5) is 8.78 Å². The van der Waals surface area contributed by atoms with Crippen molar-refractivity contribution in [2.75, 3.05) is 0 Å². The third-order valence-corrected chi connectivity index (χ3v) is 1.50. The van der Waals surface area contributed by atoms with E-state index >= 15 is 0 Å².